The average molecular weight is 232 g/mol. The minimum Gasteiger partial charge on any atom is -0.376 e. The van der Waals surface area contributed by atoms with E-state index in [1.165, 1.54) is 5.56 Å². The number of rotatable bonds is 2. The van der Waals surface area contributed by atoms with Crippen LogP contribution in [0.5, 0.6) is 0 Å². The number of nitrogens with zero attached hydrogens (tertiary/aromatic N) is 1. The van der Waals surface area contributed by atoms with E-state index in [4.69, 9.17) is 14.9 Å². The SMILES string of the molecule is N=C1c2ccccc2CN1CC1COCCO1. The van der Waals surface area contributed by atoms with Gasteiger partial charge in [0, 0.05) is 18.7 Å². The molecular weight excluding hydrogens is 216 g/mol. The molecule has 3 rings (SSSR count). The van der Waals surface area contributed by atoms with Crippen molar-refractivity contribution in [1.29, 1.82) is 5.41 Å². The van der Waals surface area contributed by atoms with E-state index < -0.39 is 0 Å². The molecule has 90 valence electrons. The third-order valence-electron chi connectivity index (χ3n) is 3.26. The molecule has 1 atom stereocenters. The molecule has 0 aromatic heterocycles. The summed E-state index contributed by atoms with van der Waals surface area (Å²) in [5.41, 5.74) is 2.28. The van der Waals surface area contributed by atoms with Crippen LogP contribution in [-0.2, 0) is 16.0 Å². The molecule has 1 aromatic rings. The molecule has 0 amide bonds. The maximum Gasteiger partial charge on any atom is 0.128 e. The zero-order chi connectivity index (χ0) is 11.7. The van der Waals surface area contributed by atoms with Gasteiger partial charge in [-0.25, -0.2) is 0 Å². The zero-order valence-corrected chi connectivity index (χ0v) is 9.69. The van der Waals surface area contributed by atoms with Gasteiger partial charge in [0.05, 0.1) is 25.9 Å². The second kappa shape index (κ2) is 4.47. The topological polar surface area (TPSA) is 45.6 Å². The maximum atomic E-state index is 8.14. The largest absolute Gasteiger partial charge is 0.376 e. The van der Waals surface area contributed by atoms with Crippen LogP contribution < -0.4 is 0 Å². The first-order valence-electron chi connectivity index (χ1n) is 5.96. The molecule has 1 saturated heterocycles. The van der Waals surface area contributed by atoms with E-state index in [1.54, 1.807) is 0 Å². The van der Waals surface area contributed by atoms with Gasteiger partial charge in [0.15, 0.2) is 0 Å². The lowest BCUT2D eigenvalue weighted by molar-refractivity contribution is -0.0930. The molecule has 1 N–H and O–H groups in total. The van der Waals surface area contributed by atoms with Gasteiger partial charge in [-0.05, 0) is 5.56 Å². The van der Waals surface area contributed by atoms with Crippen LogP contribution in [-0.4, -0.2) is 43.2 Å². The van der Waals surface area contributed by atoms with E-state index in [0.29, 0.717) is 25.7 Å². The first-order chi connectivity index (χ1) is 8.34. The molecule has 17 heavy (non-hydrogen) atoms. The first kappa shape index (κ1) is 10.7. The van der Waals surface area contributed by atoms with E-state index in [1.807, 2.05) is 18.2 Å². The Balaban J connectivity index is 1.69. The van der Waals surface area contributed by atoms with Gasteiger partial charge in [-0.3, -0.25) is 5.41 Å². The summed E-state index contributed by atoms with van der Waals surface area (Å²) in [6.07, 6.45) is 0.0958. The Kier molecular flexibility index (Phi) is 2.82. The third-order valence-corrected chi connectivity index (χ3v) is 3.26. The Labute approximate surface area is 101 Å². The third kappa shape index (κ3) is 2.06. The lowest BCUT2D eigenvalue weighted by atomic mass is 10.1. The van der Waals surface area contributed by atoms with Crippen LogP contribution in [0.15, 0.2) is 24.3 Å². The summed E-state index contributed by atoms with van der Waals surface area (Å²) in [7, 11) is 0. The van der Waals surface area contributed by atoms with E-state index >= 15 is 0 Å². The molecule has 0 saturated carbocycles. The van der Waals surface area contributed by atoms with E-state index in [2.05, 4.69) is 11.0 Å². The van der Waals surface area contributed by atoms with Crippen molar-refractivity contribution in [3.63, 3.8) is 0 Å². The Morgan fingerprint density at radius 2 is 2.18 bits per heavy atom. The maximum absolute atomic E-state index is 8.14. The predicted molar refractivity (Wildman–Crippen MR) is 64.2 cm³/mol. The highest BCUT2D eigenvalue weighted by atomic mass is 16.6. The molecule has 4 heteroatoms. The number of benzene rings is 1. The smallest absolute Gasteiger partial charge is 0.128 e. The lowest BCUT2D eigenvalue weighted by Crippen LogP contribution is -2.40. The number of fused-ring (bicyclic) bond motifs is 1. The van der Waals surface area contributed by atoms with Crippen molar-refractivity contribution < 1.29 is 9.47 Å². The van der Waals surface area contributed by atoms with Crippen LogP contribution in [0.2, 0.25) is 0 Å². The molecule has 0 aliphatic carbocycles. The van der Waals surface area contributed by atoms with E-state index in [-0.39, 0.29) is 6.10 Å². The highest BCUT2D eigenvalue weighted by Crippen LogP contribution is 2.22. The number of hydrogen-bond donors (Lipinski definition) is 1. The number of nitrogens with one attached hydrogen (secondary N) is 1. The molecule has 4 nitrogen and oxygen atoms in total. The van der Waals surface area contributed by atoms with Gasteiger partial charge in [-0.1, -0.05) is 24.3 Å². The van der Waals surface area contributed by atoms with Crippen molar-refractivity contribution in [2.24, 2.45) is 0 Å². The van der Waals surface area contributed by atoms with E-state index in [0.717, 1.165) is 18.7 Å². The van der Waals surface area contributed by atoms with Gasteiger partial charge in [-0.15, -0.1) is 0 Å². The summed E-state index contributed by atoms with van der Waals surface area (Å²) in [5.74, 6) is 0.606. The normalized spacial score (nSPS) is 23.9. The fraction of sp³-hybridized carbons (Fsp3) is 0.462. The molecule has 2 aliphatic heterocycles. The monoisotopic (exact) mass is 232 g/mol. The molecule has 0 spiro atoms. The molecule has 1 unspecified atom stereocenters. The summed E-state index contributed by atoms with van der Waals surface area (Å²) in [6, 6.07) is 8.10. The predicted octanol–water partition coefficient (Wildman–Crippen LogP) is 1.24. The van der Waals surface area contributed by atoms with Gasteiger partial charge in [-0.2, -0.15) is 0 Å². The first-order valence-corrected chi connectivity index (χ1v) is 5.96. The van der Waals surface area contributed by atoms with Crippen molar-refractivity contribution in [3.8, 4) is 0 Å². The highest BCUT2D eigenvalue weighted by Gasteiger charge is 2.27. The van der Waals surface area contributed by atoms with Crippen molar-refractivity contribution in [2.75, 3.05) is 26.4 Å². The molecule has 0 bridgehead atoms. The highest BCUT2D eigenvalue weighted by molar-refractivity contribution is 6.00. The van der Waals surface area contributed by atoms with Crippen LogP contribution in [0.25, 0.3) is 0 Å². The van der Waals surface area contributed by atoms with Crippen LogP contribution in [0.3, 0.4) is 0 Å². The number of amidine groups is 1. The zero-order valence-electron chi connectivity index (χ0n) is 9.69. The van der Waals surface area contributed by atoms with Crippen molar-refractivity contribution in [1.82, 2.24) is 4.90 Å². The molecule has 0 radical (unpaired) electrons. The Hall–Kier alpha value is -1.39. The molecule has 1 fully saturated rings. The number of ether oxygens (including phenoxy) is 2. The molecular formula is C13H16N2O2. The Morgan fingerprint density at radius 3 is 2.94 bits per heavy atom. The van der Waals surface area contributed by atoms with Crippen LogP contribution in [0.1, 0.15) is 11.1 Å². The Morgan fingerprint density at radius 1 is 1.29 bits per heavy atom. The van der Waals surface area contributed by atoms with Gasteiger partial charge in [0.25, 0.3) is 0 Å². The average Bonchev–Trinajstić information content (AvgIpc) is 2.68. The van der Waals surface area contributed by atoms with Gasteiger partial charge >= 0.3 is 0 Å². The van der Waals surface area contributed by atoms with Crippen molar-refractivity contribution in [3.05, 3.63) is 35.4 Å². The summed E-state index contributed by atoms with van der Waals surface area (Å²) >= 11 is 0. The van der Waals surface area contributed by atoms with Gasteiger partial charge in [0.1, 0.15) is 5.84 Å². The molecule has 1 aromatic carbocycles. The van der Waals surface area contributed by atoms with E-state index in [9.17, 15) is 0 Å². The van der Waals surface area contributed by atoms with Crippen molar-refractivity contribution in [2.45, 2.75) is 12.6 Å². The fourth-order valence-corrected chi connectivity index (χ4v) is 2.39. The quantitative estimate of drug-likeness (QED) is 0.834. The Bertz CT molecular complexity index is 427. The molecule has 2 heterocycles. The lowest BCUT2D eigenvalue weighted by Gasteiger charge is -2.28. The summed E-state index contributed by atoms with van der Waals surface area (Å²) in [5, 5.41) is 8.14. The minimum absolute atomic E-state index is 0.0958. The fourth-order valence-electron chi connectivity index (χ4n) is 2.39. The second-order valence-electron chi connectivity index (χ2n) is 4.45. The summed E-state index contributed by atoms with van der Waals surface area (Å²) < 4.78 is 11.0. The summed E-state index contributed by atoms with van der Waals surface area (Å²) in [6.45, 7) is 3.55. The van der Waals surface area contributed by atoms with Crippen LogP contribution in [0.4, 0.5) is 0 Å². The standard InChI is InChI=1S/C13H16N2O2/c14-13-12-4-2-1-3-10(12)7-15(13)8-11-9-16-5-6-17-11/h1-4,11,14H,5-9H2. The van der Waals surface area contributed by atoms with Gasteiger partial charge in [0.2, 0.25) is 0 Å². The van der Waals surface area contributed by atoms with Crippen molar-refractivity contribution >= 4 is 5.84 Å². The summed E-state index contributed by atoms with van der Waals surface area (Å²) in [4.78, 5) is 2.06. The molecule has 2 aliphatic rings. The van der Waals surface area contributed by atoms with Crippen LogP contribution in [0, 0.1) is 5.41 Å². The minimum atomic E-state index is 0.0958. The second-order valence-corrected chi connectivity index (χ2v) is 4.45. The number of hydrogen-bond acceptors (Lipinski definition) is 3. The van der Waals surface area contributed by atoms with Gasteiger partial charge < -0.3 is 14.4 Å². The van der Waals surface area contributed by atoms with Crippen LogP contribution >= 0.6 is 0 Å².